The van der Waals surface area contributed by atoms with Crippen LogP contribution >= 0.6 is 0 Å². The van der Waals surface area contributed by atoms with Crippen LogP contribution in [-0.2, 0) is 9.47 Å². The third-order valence-corrected chi connectivity index (χ3v) is 2.01. The van der Waals surface area contributed by atoms with Crippen molar-refractivity contribution in [2.24, 2.45) is 0 Å². The molecule has 0 radical (unpaired) electrons. The largest absolute Gasteiger partial charge is 0.394 e. The molecule has 1 fully saturated rings. The molecule has 3 nitrogen and oxygen atoms in total. The molecule has 0 aromatic heterocycles. The van der Waals surface area contributed by atoms with E-state index in [4.69, 9.17) is 21.0 Å². The summed E-state index contributed by atoms with van der Waals surface area (Å²) < 4.78 is 11.1. The molecule has 1 aliphatic rings. The molecule has 0 aromatic rings. The van der Waals surface area contributed by atoms with Crippen LogP contribution in [0.3, 0.4) is 0 Å². The van der Waals surface area contributed by atoms with Crippen molar-refractivity contribution >= 4 is 0 Å². The average molecular weight is 208 g/mol. The van der Waals surface area contributed by atoms with Crippen LogP contribution in [-0.4, -0.2) is 29.7 Å². The molecule has 0 saturated carbocycles. The van der Waals surface area contributed by atoms with Gasteiger partial charge in [0.15, 0.2) is 5.79 Å². The Balaban J connectivity index is 2.58. The molecular formula is C12H16O3. The Labute approximate surface area is 90.4 Å². The lowest BCUT2D eigenvalue weighted by molar-refractivity contribution is -0.146. The molecule has 82 valence electrons. The van der Waals surface area contributed by atoms with Gasteiger partial charge in [-0.05, 0) is 19.9 Å². The quantitative estimate of drug-likeness (QED) is 0.560. The molecule has 0 amide bonds. The topological polar surface area (TPSA) is 38.7 Å². The lowest BCUT2D eigenvalue weighted by Crippen LogP contribution is -2.24. The second-order valence-electron chi connectivity index (χ2n) is 3.73. The highest BCUT2D eigenvalue weighted by atomic mass is 16.8. The van der Waals surface area contributed by atoms with Crippen molar-refractivity contribution in [3.05, 3.63) is 24.3 Å². The maximum atomic E-state index is 9.08. The molecule has 1 heterocycles. The summed E-state index contributed by atoms with van der Waals surface area (Å²) in [6.45, 7) is 3.58. The third-order valence-electron chi connectivity index (χ3n) is 2.01. The summed E-state index contributed by atoms with van der Waals surface area (Å²) in [5.74, 6) is 1.74. The second kappa shape index (κ2) is 5.13. The molecule has 2 unspecified atom stereocenters. The SMILES string of the molecule is C#C/C=C/C=C/C1OC(C)(C)OC1CO. The zero-order valence-electron chi connectivity index (χ0n) is 9.01. The van der Waals surface area contributed by atoms with Gasteiger partial charge >= 0.3 is 0 Å². The van der Waals surface area contributed by atoms with E-state index in [-0.39, 0.29) is 18.8 Å². The number of aliphatic hydroxyl groups excluding tert-OH is 1. The van der Waals surface area contributed by atoms with Gasteiger partial charge in [-0.2, -0.15) is 0 Å². The Kier molecular flexibility index (Phi) is 4.10. The molecule has 2 atom stereocenters. The summed E-state index contributed by atoms with van der Waals surface area (Å²) in [5, 5.41) is 9.08. The zero-order chi connectivity index (χ0) is 11.3. The highest BCUT2D eigenvalue weighted by Crippen LogP contribution is 2.28. The monoisotopic (exact) mass is 208 g/mol. The van der Waals surface area contributed by atoms with E-state index in [1.807, 2.05) is 19.9 Å². The smallest absolute Gasteiger partial charge is 0.164 e. The van der Waals surface area contributed by atoms with Crippen molar-refractivity contribution in [3.8, 4) is 12.3 Å². The van der Waals surface area contributed by atoms with Gasteiger partial charge in [-0.3, -0.25) is 0 Å². The van der Waals surface area contributed by atoms with Crippen molar-refractivity contribution in [1.29, 1.82) is 0 Å². The second-order valence-corrected chi connectivity index (χ2v) is 3.73. The average Bonchev–Trinajstić information content (AvgIpc) is 2.48. The van der Waals surface area contributed by atoms with E-state index in [2.05, 4.69) is 5.92 Å². The molecule has 0 bridgehead atoms. The van der Waals surface area contributed by atoms with Gasteiger partial charge in [-0.15, -0.1) is 6.42 Å². The van der Waals surface area contributed by atoms with Gasteiger partial charge < -0.3 is 14.6 Å². The van der Waals surface area contributed by atoms with E-state index in [1.54, 1.807) is 18.2 Å². The first-order valence-corrected chi connectivity index (χ1v) is 4.85. The fourth-order valence-electron chi connectivity index (χ4n) is 1.45. The van der Waals surface area contributed by atoms with Crippen LogP contribution in [0.5, 0.6) is 0 Å². The van der Waals surface area contributed by atoms with Gasteiger partial charge in [0, 0.05) is 0 Å². The summed E-state index contributed by atoms with van der Waals surface area (Å²) >= 11 is 0. The summed E-state index contributed by atoms with van der Waals surface area (Å²) in [7, 11) is 0. The molecule has 15 heavy (non-hydrogen) atoms. The summed E-state index contributed by atoms with van der Waals surface area (Å²) in [4.78, 5) is 0. The molecule has 1 aliphatic heterocycles. The van der Waals surface area contributed by atoms with Crippen LogP contribution in [0.2, 0.25) is 0 Å². The number of aliphatic hydroxyl groups is 1. The van der Waals surface area contributed by atoms with E-state index >= 15 is 0 Å². The van der Waals surface area contributed by atoms with Crippen molar-refractivity contribution in [1.82, 2.24) is 0 Å². The fraction of sp³-hybridized carbons (Fsp3) is 0.500. The molecule has 0 aromatic carbocycles. The number of ether oxygens (including phenoxy) is 2. The minimum Gasteiger partial charge on any atom is -0.394 e. The minimum atomic E-state index is -0.641. The first-order valence-electron chi connectivity index (χ1n) is 4.85. The number of hydrogen-bond donors (Lipinski definition) is 1. The van der Waals surface area contributed by atoms with Gasteiger partial charge in [0.05, 0.1) is 6.61 Å². The Morgan fingerprint density at radius 1 is 1.40 bits per heavy atom. The number of allylic oxidation sites excluding steroid dienone is 3. The Bertz CT molecular complexity index is 296. The fourth-order valence-corrected chi connectivity index (χ4v) is 1.45. The maximum absolute atomic E-state index is 9.08. The van der Waals surface area contributed by atoms with E-state index in [0.717, 1.165) is 0 Å². The van der Waals surface area contributed by atoms with Crippen molar-refractivity contribution in [2.45, 2.75) is 31.8 Å². The first kappa shape index (κ1) is 12.0. The van der Waals surface area contributed by atoms with Crippen LogP contribution < -0.4 is 0 Å². The number of terminal acetylenes is 1. The van der Waals surface area contributed by atoms with Crippen LogP contribution in [0, 0.1) is 12.3 Å². The van der Waals surface area contributed by atoms with E-state index in [1.165, 1.54) is 0 Å². The third kappa shape index (κ3) is 3.52. The molecule has 1 rings (SSSR count). The number of rotatable bonds is 3. The molecule has 1 saturated heterocycles. The van der Waals surface area contributed by atoms with Gasteiger partial charge in [0.25, 0.3) is 0 Å². The van der Waals surface area contributed by atoms with Gasteiger partial charge in [0.1, 0.15) is 12.2 Å². The van der Waals surface area contributed by atoms with Gasteiger partial charge in [-0.1, -0.05) is 24.1 Å². The van der Waals surface area contributed by atoms with Crippen LogP contribution in [0.25, 0.3) is 0 Å². The van der Waals surface area contributed by atoms with Gasteiger partial charge in [-0.25, -0.2) is 0 Å². The molecule has 0 spiro atoms. The van der Waals surface area contributed by atoms with Crippen molar-refractivity contribution in [2.75, 3.05) is 6.61 Å². The normalized spacial score (nSPS) is 30.0. The lowest BCUT2D eigenvalue weighted by Gasteiger charge is -2.15. The standard InChI is InChI=1S/C12H16O3/c1-4-5-6-7-8-10-11(9-13)15-12(2,3)14-10/h1,5-8,10-11,13H,9H2,2-3H3/b6-5+,8-7+. The van der Waals surface area contributed by atoms with Gasteiger partial charge in [0.2, 0.25) is 0 Å². The van der Waals surface area contributed by atoms with Crippen molar-refractivity contribution in [3.63, 3.8) is 0 Å². The Hall–Kier alpha value is -1.08. The van der Waals surface area contributed by atoms with E-state index in [0.29, 0.717) is 0 Å². The Morgan fingerprint density at radius 3 is 2.73 bits per heavy atom. The number of hydrogen-bond acceptors (Lipinski definition) is 3. The summed E-state index contributed by atoms with van der Waals surface area (Å²) in [6, 6.07) is 0. The predicted molar refractivity (Wildman–Crippen MR) is 58.0 cm³/mol. The predicted octanol–water partition coefficient (Wildman–Crippen LogP) is 1.24. The van der Waals surface area contributed by atoms with Crippen LogP contribution in [0.4, 0.5) is 0 Å². The van der Waals surface area contributed by atoms with Crippen LogP contribution in [0.1, 0.15) is 13.8 Å². The van der Waals surface area contributed by atoms with Crippen LogP contribution in [0.15, 0.2) is 24.3 Å². The van der Waals surface area contributed by atoms with Crippen molar-refractivity contribution < 1.29 is 14.6 Å². The molecule has 3 heteroatoms. The summed E-state index contributed by atoms with van der Waals surface area (Å²) in [5.41, 5.74) is 0. The highest BCUT2D eigenvalue weighted by Gasteiger charge is 2.39. The van der Waals surface area contributed by atoms with E-state index < -0.39 is 5.79 Å². The Morgan fingerprint density at radius 2 is 2.13 bits per heavy atom. The zero-order valence-corrected chi connectivity index (χ0v) is 9.01. The first-order chi connectivity index (χ1) is 7.09. The minimum absolute atomic E-state index is 0.0582. The molecule has 0 aliphatic carbocycles. The molecular weight excluding hydrogens is 192 g/mol. The molecule has 1 N–H and O–H groups in total. The maximum Gasteiger partial charge on any atom is 0.164 e. The summed E-state index contributed by atoms with van der Waals surface area (Å²) in [6.07, 6.45) is 11.5. The lowest BCUT2D eigenvalue weighted by atomic mass is 10.2. The highest BCUT2D eigenvalue weighted by molar-refractivity contribution is 5.17. The van der Waals surface area contributed by atoms with E-state index in [9.17, 15) is 0 Å².